The molecule has 0 aromatic rings. The molecule has 2 N–H and O–H groups in total. The van der Waals surface area contributed by atoms with Crippen LogP contribution in [0.5, 0.6) is 0 Å². The summed E-state index contributed by atoms with van der Waals surface area (Å²) in [7, 11) is 3.12. The van der Waals surface area contributed by atoms with Crippen LogP contribution in [0, 0.1) is 11.8 Å². The van der Waals surface area contributed by atoms with Crippen LogP contribution >= 0.6 is 0 Å². The van der Waals surface area contributed by atoms with E-state index in [1.165, 1.54) is 0 Å². The Balaban J connectivity index is 1.87. The standard InChI is InChI=1S/C11H18O6/c1-14-6-3-5-7(10(15-2)16-6)11(4-12)9(17-11)8(5)13/h5-10,12-13H,3-4H2,1-2H3/t5-,6-,7+,8+,9+,10-,11-/m0/s1. The summed E-state index contributed by atoms with van der Waals surface area (Å²) in [6, 6.07) is 0. The average molecular weight is 246 g/mol. The quantitative estimate of drug-likeness (QED) is 0.627. The third kappa shape index (κ3) is 1.43. The van der Waals surface area contributed by atoms with Crippen LogP contribution in [-0.4, -0.2) is 61.4 Å². The Bertz CT molecular complexity index is 310. The van der Waals surface area contributed by atoms with E-state index in [1.54, 1.807) is 14.2 Å². The fourth-order valence-electron chi connectivity index (χ4n) is 3.45. The summed E-state index contributed by atoms with van der Waals surface area (Å²) in [6.07, 6.45) is -1.15. The van der Waals surface area contributed by atoms with Crippen LogP contribution in [0.2, 0.25) is 0 Å². The van der Waals surface area contributed by atoms with E-state index in [0.29, 0.717) is 6.42 Å². The Morgan fingerprint density at radius 3 is 2.71 bits per heavy atom. The van der Waals surface area contributed by atoms with E-state index < -0.39 is 18.0 Å². The lowest BCUT2D eigenvalue weighted by molar-refractivity contribution is -0.299. The second-order valence-electron chi connectivity index (χ2n) is 4.97. The van der Waals surface area contributed by atoms with E-state index >= 15 is 0 Å². The number of fused-ring (bicyclic) bond motifs is 3. The molecule has 6 heteroatoms. The average Bonchev–Trinajstić information content (AvgIpc) is 3.06. The fraction of sp³-hybridized carbons (Fsp3) is 1.00. The summed E-state index contributed by atoms with van der Waals surface area (Å²) in [4.78, 5) is 0. The number of aliphatic hydroxyl groups excluding tert-OH is 2. The molecule has 3 aliphatic rings. The fourth-order valence-corrected chi connectivity index (χ4v) is 3.45. The molecule has 2 saturated heterocycles. The van der Waals surface area contributed by atoms with Crippen molar-refractivity contribution in [2.45, 2.75) is 36.8 Å². The van der Waals surface area contributed by atoms with Crippen LogP contribution < -0.4 is 0 Å². The molecule has 98 valence electrons. The molecule has 2 heterocycles. The van der Waals surface area contributed by atoms with Crippen molar-refractivity contribution in [3.63, 3.8) is 0 Å². The molecule has 0 spiro atoms. The Morgan fingerprint density at radius 2 is 2.12 bits per heavy atom. The van der Waals surface area contributed by atoms with E-state index in [2.05, 4.69) is 0 Å². The highest BCUT2D eigenvalue weighted by Gasteiger charge is 2.76. The minimum absolute atomic E-state index is 0.00968. The smallest absolute Gasteiger partial charge is 0.166 e. The van der Waals surface area contributed by atoms with Gasteiger partial charge in [-0.15, -0.1) is 0 Å². The van der Waals surface area contributed by atoms with Gasteiger partial charge in [-0.3, -0.25) is 0 Å². The van der Waals surface area contributed by atoms with Crippen molar-refractivity contribution in [2.24, 2.45) is 11.8 Å². The Kier molecular flexibility index (Phi) is 2.70. The number of hydrogen-bond acceptors (Lipinski definition) is 6. The molecule has 2 aliphatic heterocycles. The van der Waals surface area contributed by atoms with Crippen LogP contribution in [0.1, 0.15) is 6.42 Å². The molecule has 0 aromatic carbocycles. The number of methoxy groups -OCH3 is 2. The van der Waals surface area contributed by atoms with E-state index in [4.69, 9.17) is 18.9 Å². The van der Waals surface area contributed by atoms with Crippen molar-refractivity contribution in [1.29, 1.82) is 0 Å². The Hall–Kier alpha value is -0.240. The van der Waals surface area contributed by atoms with Crippen molar-refractivity contribution >= 4 is 0 Å². The minimum Gasteiger partial charge on any atom is -0.393 e. The molecule has 0 unspecified atom stereocenters. The molecule has 0 bridgehead atoms. The van der Waals surface area contributed by atoms with Crippen molar-refractivity contribution in [3.05, 3.63) is 0 Å². The van der Waals surface area contributed by atoms with E-state index in [-0.39, 0.29) is 30.8 Å². The van der Waals surface area contributed by atoms with E-state index in [1.807, 2.05) is 0 Å². The van der Waals surface area contributed by atoms with Crippen LogP contribution in [-0.2, 0) is 18.9 Å². The van der Waals surface area contributed by atoms with Gasteiger partial charge < -0.3 is 29.2 Å². The van der Waals surface area contributed by atoms with Gasteiger partial charge in [0, 0.05) is 32.5 Å². The minimum atomic E-state index is -0.677. The molecular weight excluding hydrogens is 228 g/mol. The summed E-state index contributed by atoms with van der Waals surface area (Å²) in [5.74, 6) is -0.145. The van der Waals surface area contributed by atoms with Gasteiger partial charge >= 0.3 is 0 Å². The lowest BCUT2D eigenvalue weighted by Gasteiger charge is -2.41. The molecule has 17 heavy (non-hydrogen) atoms. The molecule has 6 nitrogen and oxygen atoms in total. The zero-order valence-corrected chi connectivity index (χ0v) is 9.91. The van der Waals surface area contributed by atoms with Gasteiger partial charge in [0.1, 0.15) is 11.7 Å². The maximum Gasteiger partial charge on any atom is 0.166 e. The second kappa shape index (κ2) is 3.88. The molecule has 1 saturated carbocycles. The summed E-state index contributed by atoms with van der Waals surface area (Å²) < 4.78 is 21.6. The number of ether oxygens (including phenoxy) is 4. The predicted octanol–water partition coefficient (Wildman–Crippen LogP) is -0.911. The highest BCUT2D eigenvalue weighted by Crippen LogP contribution is 2.60. The first kappa shape index (κ1) is 11.8. The zero-order chi connectivity index (χ0) is 12.2. The highest BCUT2D eigenvalue weighted by atomic mass is 16.8. The molecule has 0 aromatic heterocycles. The number of epoxide rings is 1. The van der Waals surface area contributed by atoms with Gasteiger partial charge in [0.15, 0.2) is 12.6 Å². The van der Waals surface area contributed by atoms with E-state index in [9.17, 15) is 10.2 Å². The largest absolute Gasteiger partial charge is 0.393 e. The lowest BCUT2D eigenvalue weighted by atomic mass is 9.83. The predicted molar refractivity (Wildman–Crippen MR) is 55.0 cm³/mol. The maximum absolute atomic E-state index is 10.2. The van der Waals surface area contributed by atoms with Crippen LogP contribution in [0.15, 0.2) is 0 Å². The third-order valence-electron chi connectivity index (χ3n) is 4.33. The SMILES string of the molecule is CO[C@@H]1C[C@@H]2[C@@H](O)[C@H]3O[C@@]3(CO)[C@H]2[C@@H](OC)O1. The maximum atomic E-state index is 10.2. The molecule has 3 rings (SSSR count). The molecule has 3 fully saturated rings. The zero-order valence-electron chi connectivity index (χ0n) is 9.91. The third-order valence-corrected chi connectivity index (χ3v) is 4.33. The van der Waals surface area contributed by atoms with Crippen LogP contribution in [0.3, 0.4) is 0 Å². The molecule has 1 aliphatic carbocycles. The first-order valence-electron chi connectivity index (χ1n) is 5.85. The summed E-state index contributed by atoms with van der Waals surface area (Å²) in [6.45, 7) is -0.114. The van der Waals surface area contributed by atoms with Crippen molar-refractivity contribution in [1.82, 2.24) is 0 Å². The van der Waals surface area contributed by atoms with E-state index in [0.717, 1.165) is 0 Å². The summed E-state index contributed by atoms with van der Waals surface area (Å²) in [5, 5.41) is 19.6. The summed E-state index contributed by atoms with van der Waals surface area (Å²) in [5.41, 5.74) is -0.677. The van der Waals surface area contributed by atoms with Gasteiger partial charge in [0.2, 0.25) is 0 Å². The Morgan fingerprint density at radius 1 is 1.35 bits per heavy atom. The number of aliphatic hydroxyl groups is 2. The number of hydrogen-bond donors (Lipinski definition) is 2. The monoisotopic (exact) mass is 246 g/mol. The van der Waals surface area contributed by atoms with Crippen molar-refractivity contribution in [3.8, 4) is 0 Å². The van der Waals surface area contributed by atoms with Crippen LogP contribution in [0.4, 0.5) is 0 Å². The van der Waals surface area contributed by atoms with Gasteiger partial charge in [0.25, 0.3) is 0 Å². The van der Waals surface area contributed by atoms with Gasteiger partial charge in [-0.1, -0.05) is 0 Å². The van der Waals surface area contributed by atoms with Gasteiger partial charge in [-0.2, -0.15) is 0 Å². The van der Waals surface area contributed by atoms with Gasteiger partial charge in [-0.05, 0) is 0 Å². The first-order chi connectivity index (χ1) is 8.17. The number of rotatable bonds is 3. The van der Waals surface area contributed by atoms with Crippen molar-refractivity contribution < 1.29 is 29.2 Å². The van der Waals surface area contributed by atoms with Crippen LogP contribution in [0.25, 0.3) is 0 Å². The highest BCUT2D eigenvalue weighted by molar-refractivity contribution is 5.21. The second-order valence-corrected chi connectivity index (χ2v) is 4.97. The lowest BCUT2D eigenvalue weighted by Crippen LogP contribution is -2.49. The van der Waals surface area contributed by atoms with Gasteiger partial charge in [0.05, 0.1) is 12.7 Å². The summed E-state index contributed by atoms with van der Waals surface area (Å²) >= 11 is 0. The normalized spacial score (nSPS) is 56.5. The molecular formula is C11H18O6. The Labute approximate surface area is 99.4 Å². The molecule has 0 amide bonds. The van der Waals surface area contributed by atoms with Crippen molar-refractivity contribution in [2.75, 3.05) is 20.8 Å². The molecule has 7 atom stereocenters. The molecule has 0 radical (unpaired) electrons. The van der Waals surface area contributed by atoms with Gasteiger partial charge in [-0.25, -0.2) is 0 Å². The first-order valence-corrected chi connectivity index (χ1v) is 5.85. The topological polar surface area (TPSA) is 80.7 Å².